The molecule has 0 unspecified atom stereocenters. The molecule has 0 spiro atoms. The summed E-state index contributed by atoms with van der Waals surface area (Å²) in [7, 11) is 0. The number of nitrogens with zero attached hydrogens (tertiary/aromatic N) is 5. The molecule has 4 rings (SSSR count). The number of hydrogen-bond donors (Lipinski definition) is 0. The lowest BCUT2D eigenvalue weighted by Gasteiger charge is -2.42. The minimum absolute atomic E-state index is 0.685. The highest BCUT2D eigenvalue weighted by atomic mass is 16.5. The lowest BCUT2D eigenvalue weighted by Crippen LogP contribution is -2.53. The van der Waals surface area contributed by atoms with Crippen molar-refractivity contribution in [3.63, 3.8) is 0 Å². The molecule has 3 heterocycles. The van der Waals surface area contributed by atoms with E-state index in [0.29, 0.717) is 5.82 Å². The molecule has 0 atom stereocenters. The van der Waals surface area contributed by atoms with Gasteiger partial charge in [0, 0.05) is 50.9 Å². The summed E-state index contributed by atoms with van der Waals surface area (Å²) in [6.45, 7) is 11.3. The van der Waals surface area contributed by atoms with Gasteiger partial charge < -0.3 is 9.42 Å². The first-order chi connectivity index (χ1) is 12.8. The molecule has 2 fully saturated rings. The maximum atomic E-state index is 5.47. The van der Waals surface area contributed by atoms with Crippen molar-refractivity contribution < 1.29 is 4.52 Å². The molecule has 140 valence electrons. The Morgan fingerprint density at radius 1 is 0.962 bits per heavy atom. The zero-order valence-corrected chi connectivity index (χ0v) is 15.7. The van der Waals surface area contributed by atoms with Crippen LogP contribution in [-0.4, -0.2) is 76.7 Å². The number of piperazine rings is 1. The van der Waals surface area contributed by atoms with Crippen molar-refractivity contribution in [3.05, 3.63) is 36.2 Å². The fourth-order valence-corrected chi connectivity index (χ4v) is 4.10. The van der Waals surface area contributed by atoms with Crippen molar-refractivity contribution in [3.8, 4) is 11.4 Å². The van der Waals surface area contributed by atoms with Gasteiger partial charge in [0.1, 0.15) is 0 Å². The van der Waals surface area contributed by atoms with E-state index in [9.17, 15) is 0 Å². The predicted octanol–water partition coefficient (Wildman–Crippen LogP) is 2.34. The summed E-state index contributed by atoms with van der Waals surface area (Å²) in [6.07, 6.45) is 2.48. The summed E-state index contributed by atoms with van der Waals surface area (Å²) in [6, 6.07) is 10.8. The number of benzene rings is 1. The lowest BCUT2D eigenvalue weighted by atomic mass is 10.0. The Kier molecular flexibility index (Phi) is 5.62. The third-order valence-electron chi connectivity index (χ3n) is 5.79. The molecule has 0 amide bonds. The quantitative estimate of drug-likeness (QED) is 0.820. The smallest absolute Gasteiger partial charge is 0.241 e. The highest BCUT2D eigenvalue weighted by molar-refractivity contribution is 5.53. The van der Waals surface area contributed by atoms with Crippen LogP contribution >= 0.6 is 0 Å². The van der Waals surface area contributed by atoms with Gasteiger partial charge in [-0.1, -0.05) is 42.4 Å². The van der Waals surface area contributed by atoms with Gasteiger partial charge in [-0.15, -0.1) is 0 Å². The summed E-state index contributed by atoms with van der Waals surface area (Å²) in [5, 5.41) is 4.13. The zero-order valence-electron chi connectivity index (χ0n) is 15.7. The van der Waals surface area contributed by atoms with E-state index in [4.69, 9.17) is 4.52 Å². The molecule has 6 heteroatoms. The highest BCUT2D eigenvalue weighted by Crippen LogP contribution is 2.21. The van der Waals surface area contributed by atoms with E-state index in [1.54, 1.807) is 0 Å². The highest BCUT2D eigenvalue weighted by Gasteiger charge is 2.27. The average molecular weight is 355 g/mol. The van der Waals surface area contributed by atoms with Crippen LogP contribution < -0.4 is 0 Å². The van der Waals surface area contributed by atoms with Crippen LogP contribution in [0.1, 0.15) is 25.7 Å². The van der Waals surface area contributed by atoms with Gasteiger partial charge in [-0.3, -0.25) is 9.80 Å². The van der Waals surface area contributed by atoms with E-state index >= 15 is 0 Å². The normalized spacial score (nSPS) is 21.3. The molecular formula is C20H29N5O. The Bertz CT molecular complexity index is 673. The molecule has 6 nitrogen and oxygen atoms in total. The van der Waals surface area contributed by atoms with E-state index in [1.165, 1.54) is 45.6 Å². The first-order valence-corrected chi connectivity index (χ1v) is 9.88. The molecule has 2 aliphatic rings. The summed E-state index contributed by atoms with van der Waals surface area (Å²) < 4.78 is 5.47. The van der Waals surface area contributed by atoms with Gasteiger partial charge >= 0.3 is 0 Å². The Hall–Kier alpha value is -1.76. The van der Waals surface area contributed by atoms with Crippen molar-refractivity contribution in [1.29, 1.82) is 0 Å². The van der Waals surface area contributed by atoms with Gasteiger partial charge in [-0.05, 0) is 19.4 Å². The summed E-state index contributed by atoms with van der Waals surface area (Å²) >= 11 is 0. The number of piperidine rings is 1. The van der Waals surface area contributed by atoms with Crippen LogP contribution in [0.25, 0.3) is 11.4 Å². The summed E-state index contributed by atoms with van der Waals surface area (Å²) in [5.41, 5.74) is 1.01. The Morgan fingerprint density at radius 2 is 1.69 bits per heavy atom. The molecule has 1 aromatic heterocycles. The van der Waals surface area contributed by atoms with Crippen molar-refractivity contribution in [2.45, 2.75) is 32.4 Å². The topological polar surface area (TPSA) is 48.6 Å². The molecule has 0 N–H and O–H groups in total. The third kappa shape index (κ3) is 4.14. The summed E-state index contributed by atoms with van der Waals surface area (Å²) in [4.78, 5) is 12.3. The van der Waals surface area contributed by atoms with Crippen LogP contribution in [0.4, 0.5) is 0 Å². The van der Waals surface area contributed by atoms with Gasteiger partial charge in [0.15, 0.2) is 0 Å². The minimum atomic E-state index is 0.685. The molecular weight excluding hydrogens is 326 g/mol. The monoisotopic (exact) mass is 355 g/mol. The molecule has 0 bridgehead atoms. The van der Waals surface area contributed by atoms with Gasteiger partial charge in [0.25, 0.3) is 0 Å². The standard InChI is InChI=1S/C20H29N5O/c1-2-23-12-14-25(15-13-23)18-8-10-24(11-9-18)16-19-21-20(22-26-19)17-6-4-3-5-7-17/h3-7,18H,2,8-16H2,1H3. The van der Waals surface area contributed by atoms with Crippen molar-refractivity contribution >= 4 is 0 Å². The van der Waals surface area contributed by atoms with E-state index < -0.39 is 0 Å². The van der Waals surface area contributed by atoms with E-state index in [-0.39, 0.29) is 0 Å². The van der Waals surface area contributed by atoms with Crippen molar-refractivity contribution in [1.82, 2.24) is 24.8 Å². The number of rotatable bonds is 5. The van der Waals surface area contributed by atoms with Crippen molar-refractivity contribution in [2.24, 2.45) is 0 Å². The third-order valence-corrected chi connectivity index (χ3v) is 5.79. The number of likely N-dealkylation sites (tertiary alicyclic amines) is 1. The molecule has 2 aromatic rings. The second-order valence-corrected chi connectivity index (χ2v) is 7.36. The molecule has 2 saturated heterocycles. The fraction of sp³-hybridized carbons (Fsp3) is 0.600. The molecule has 0 saturated carbocycles. The first kappa shape index (κ1) is 17.6. The zero-order chi connectivity index (χ0) is 17.8. The summed E-state index contributed by atoms with van der Waals surface area (Å²) in [5.74, 6) is 1.41. The molecule has 26 heavy (non-hydrogen) atoms. The van der Waals surface area contributed by atoms with Crippen LogP contribution in [0.15, 0.2) is 34.9 Å². The van der Waals surface area contributed by atoms with E-state index in [1.807, 2.05) is 30.3 Å². The molecule has 2 aliphatic heterocycles. The van der Waals surface area contributed by atoms with Crippen LogP contribution in [0, 0.1) is 0 Å². The first-order valence-electron chi connectivity index (χ1n) is 9.88. The van der Waals surface area contributed by atoms with Crippen LogP contribution in [0.2, 0.25) is 0 Å². The predicted molar refractivity (Wildman–Crippen MR) is 102 cm³/mol. The molecule has 1 aromatic carbocycles. The number of hydrogen-bond acceptors (Lipinski definition) is 6. The lowest BCUT2D eigenvalue weighted by molar-refractivity contribution is 0.0567. The van der Waals surface area contributed by atoms with Gasteiger partial charge in [-0.25, -0.2) is 0 Å². The molecule has 0 aliphatic carbocycles. The second-order valence-electron chi connectivity index (χ2n) is 7.36. The largest absolute Gasteiger partial charge is 0.338 e. The maximum absolute atomic E-state index is 5.47. The van der Waals surface area contributed by atoms with Gasteiger partial charge in [-0.2, -0.15) is 4.98 Å². The van der Waals surface area contributed by atoms with Crippen LogP contribution in [0.5, 0.6) is 0 Å². The van der Waals surface area contributed by atoms with E-state index in [2.05, 4.69) is 31.8 Å². The SMILES string of the molecule is CCN1CCN(C2CCN(Cc3nc(-c4ccccc4)no3)CC2)CC1. The Labute approximate surface area is 155 Å². The Balaban J connectivity index is 1.26. The van der Waals surface area contributed by atoms with Crippen LogP contribution in [-0.2, 0) is 6.54 Å². The molecule has 0 radical (unpaired) electrons. The number of aromatic nitrogens is 2. The fourth-order valence-electron chi connectivity index (χ4n) is 4.10. The van der Waals surface area contributed by atoms with Gasteiger partial charge in [0.2, 0.25) is 11.7 Å². The van der Waals surface area contributed by atoms with Crippen LogP contribution in [0.3, 0.4) is 0 Å². The van der Waals surface area contributed by atoms with Crippen molar-refractivity contribution in [2.75, 3.05) is 45.8 Å². The maximum Gasteiger partial charge on any atom is 0.241 e. The second kappa shape index (κ2) is 8.29. The Morgan fingerprint density at radius 3 is 2.38 bits per heavy atom. The number of likely N-dealkylation sites (N-methyl/N-ethyl adjacent to an activating group) is 1. The van der Waals surface area contributed by atoms with Gasteiger partial charge in [0.05, 0.1) is 6.54 Å². The average Bonchev–Trinajstić information content (AvgIpc) is 3.18. The minimum Gasteiger partial charge on any atom is -0.338 e. The van der Waals surface area contributed by atoms with E-state index in [0.717, 1.165) is 37.1 Å².